The zero-order chi connectivity index (χ0) is 16.9. The minimum Gasteiger partial charge on any atom is -0.495 e. The van der Waals surface area contributed by atoms with E-state index in [1.165, 1.54) is 17.6 Å². The number of nitrogens with one attached hydrogen (secondary N) is 2. The van der Waals surface area contributed by atoms with Crippen LogP contribution in [0.1, 0.15) is 15.4 Å². The molecular formula is C16H14ClN3O3S. The van der Waals surface area contributed by atoms with Crippen LogP contribution >= 0.6 is 22.9 Å². The molecule has 0 bridgehead atoms. The Bertz CT molecular complexity index is 833. The number of thiazole rings is 1. The molecule has 0 radical (unpaired) electrons. The fraction of sp³-hybridized carbons (Fsp3) is 0.125. The Labute approximate surface area is 147 Å². The van der Waals surface area contributed by atoms with Gasteiger partial charge in [0.1, 0.15) is 5.75 Å². The van der Waals surface area contributed by atoms with Gasteiger partial charge in [0, 0.05) is 16.8 Å². The van der Waals surface area contributed by atoms with Crippen molar-refractivity contribution >= 4 is 40.2 Å². The Morgan fingerprint density at radius 1 is 1.42 bits per heavy atom. The molecule has 0 saturated carbocycles. The molecule has 0 atom stereocenters. The zero-order valence-electron chi connectivity index (χ0n) is 12.7. The lowest BCUT2D eigenvalue weighted by atomic mass is 10.2. The molecule has 3 aromatic rings. The van der Waals surface area contributed by atoms with E-state index < -0.39 is 0 Å². The fourth-order valence-electron chi connectivity index (χ4n) is 2.06. The monoisotopic (exact) mass is 363 g/mol. The minimum absolute atomic E-state index is 0.231. The van der Waals surface area contributed by atoms with Gasteiger partial charge in [-0.05, 0) is 30.3 Å². The van der Waals surface area contributed by atoms with Crippen LogP contribution in [0, 0.1) is 0 Å². The highest BCUT2D eigenvalue weighted by Crippen LogP contribution is 2.29. The fourth-order valence-corrected chi connectivity index (χ4v) is 2.98. The van der Waals surface area contributed by atoms with E-state index in [-0.39, 0.29) is 11.7 Å². The third-order valence-corrected chi connectivity index (χ3v) is 4.30. The standard InChI is InChI=1S/C16H14ClN3O3S/c1-22-13-5-4-10(18-8-11-9-19-16(17)24-11)7-12(13)20-15(21)14-3-2-6-23-14/h2-7,9,18H,8H2,1H3,(H,20,21). The Kier molecular flexibility index (Phi) is 5.02. The number of hydrogen-bond acceptors (Lipinski definition) is 6. The summed E-state index contributed by atoms with van der Waals surface area (Å²) in [5.74, 6) is 0.445. The van der Waals surface area contributed by atoms with E-state index in [1.54, 1.807) is 37.6 Å². The highest BCUT2D eigenvalue weighted by molar-refractivity contribution is 7.15. The van der Waals surface area contributed by atoms with E-state index in [1.807, 2.05) is 6.07 Å². The van der Waals surface area contributed by atoms with Crippen LogP contribution in [-0.2, 0) is 6.54 Å². The third-order valence-electron chi connectivity index (χ3n) is 3.18. The summed E-state index contributed by atoms with van der Waals surface area (Å²) in [5.41, 5.74) is 1.38. The first kappa shape index (κ1) is 16.4. The summed E-state index contributed by atoms with van der Waals surface area (Å²) in [5, 5.41) is 6.03. The Morgan fingerprint density at radius 2 is 2.29 bits per heavy atom. The van der Waals surface area contributed by atoms with E-state index in [0.717, 1.165) is 10.6 Å². The third kappa shape index (κ3) is 3.87. The molecule has 0 aliphatic heterocycles. The summed E-state index contributed by atoms with van der Waals surface area (Å²) in [4.78, 5) is 17.1. The molecule has 2 aromatic heterocycles. The first-order chi connectivity index (χ1) is 11.7. The van der Waals surface area contributed by atoms with Crippen molar-refractivity contribution in [3.63, 3.8) is 0 Å². The van der Waals surface area contributed by atoms with E-state index in [4.69, 9.17) is 20.8 Å². The second kappa shape index (κ2) is 7.37. The summed E-state index contributed by atoms with van der Waals surface area (Å²) in [7, 11) is 1.55. The van der Waals surface area contributed by atoms with Crippen molar-refractivity contribution in [2.45, 2.75) is 6.54 Å². The highest BCUT2D eigenvalue weighted by Gasteiger charge is 2.12. The molecule has 0 unspecified atom stereocenters. The van der Waals surface area contributed by atoms with Gasteiger partial charge in [0.25, 0.3) is 5.91 Å². The highest BCUT2D eigenvalue weighted by atomic mass is 35.5. The van der Waals surface area contributed by atoms with Gasteiger partial charge in [-0.15, -0.1) is 11.3 Å². The molecular weight excluding hydrogens is 350 g/mol. The number of aromatic nitrogens is 1. The van der Waals surface area contributed by atoms with Gasteiger partial charge in [-0.3, -0.25) is 4.79 Å². The van der Waals surface area contributed by atoms with Crippen LogP contribution < -0.4 is 15.4 Å². The molecule has 2 N–H and O–H groups in total. The van der Waals surface area contributed by atoms with E-state index >= 15 is 0 Å². The number of benzene rings is 1. The molecule has 2 heterocycles. The summed E-state index contributed by atoms with van der Waals surface area (Å²) >= 11 is 7.23. The molecule has 0 aliphatic rings. The predicted molar refractivity (Wildman–Crippen MR) is 94.1 cm³/mol. The SMILES string of the molecule is COc1ccc(NCc2cnc(Cl)s2)cc1NC(=O)c1ccco1. The van der Waals surface area contributed by atoms with E-state index in [2.05, 4.69) is 15.6 Å². The Morgan fingerprint density at radius 3 is 2.96 bits per heavy atom. The molecule has 3 rings (SSSR count). The maximum Gasteiger partial charge on any atom is 0.291 e. The predicted octanol–water partition coefficient (Wildman–Crippen LogP) is 4.26. The summed E-state index contributed by atoms with van der Waals surface area (Å²) in [6.45, 7) is 0.586. The maximum atomic E-state index is 12.1. The van der Waals surface area contributed by atoms with Crippen LogP contribution in [-0.4, -0.2) is 18.0 Å². The number of anilines is 2. The first-order valence-electron chi connectivity index (χ1n) is 7.02. The number of carbonyl (C=O) groups excluding carboxylic acids is 1. The molecule has 24 heavy (non-hydrogen) atoms. The van der Waals surface area contributed by atoms with Gasteiger partial charge < -0.3 is 19.8 Å². The number of hydrogen-bond donors (Lipinski definition) is 2. The van der Waals surface area contributed by atoms with Gasteiger partial charge in [0.2, 0.25) is 0 Å². The van der Waals surface area contributed by atoms with Crippen molar-refractivity contribution in [2.75, 3.05) is 17.7 Å². The number of nitrogens with zero attached hydrogens (tertiary/aromatic N) is 1. The Balaban J connectivity index is 1.73. The summed E-state index contributed by atoms with van der Waals surface area (Å²) < 4.78 is 10.9. The van der Waals surface area contributed by atoms with Crippen LogP contribution in [0.4, 0.5) is 11.4 Å². The molecule has 8 heteroatoms. The van der Waals surface area contributed by atoms with Gasteiger partial charge in [-0.25, -0.2) is 4.98 Å². The van der Waals surface area contributed by atoms with Crippen LogP contribution in [0.5, 0.6) is 5.75 Å². The van der Waals surface area contributed by atoms with Crippen molar-refractivity contribution in [1.29, 1.82) is 0 Å². The summed E-state index contributed by atoms with van der Waals surface area (Å²) in [6, 6.07) is 8.69. The molecule has 6 nitrogen and oxygen atoms in total. The lowest BCUT2D eigenvalue weighted by Crippen LogP contribution is -2.12. The zero-order valence-corrected chi connectivity index (χ0v) is 14.3. The van der Waals surface area contributed by atoms with Crippen molar-refractivity contribution in [3.8, 4) is 5.75 Å². The molecule has 124 valence electrons. The van der Waals surface area contributed by atoms with E-state index in [0.29, 0.717) is 22.4 Å². The quantitative estimate of drug-likeness (QED) is 0.684. The number of furan rings is 1. The number of rotatable bonds is 6. The molecule has 1 amide bonds. The number of halogens is 1. The minimum atomic E-state index is -0.343. The largest absolute Gasteiger partial charge is 0.495 e. The number of methoxy groups -OCH3 is 1. The van der Waals surface area contributed by atoms with Gasteiger partial charge in [0.05, 0.1) is 25.6 Å². The van der Waals surface area contributed by atoms with Gasteiger partial charge in [-0.2, -0.15) is 0 Å². The van der Waals surface area contributed by atoms with Crippen molar-refractivity contribution in [3.05, 3.63) is 57.9 Å². The first-order valence-corrected chi connectivity index (χ1v) is 8.22. The van der Waals surface area contributed by atoms with Crippen LogP contribution in [0.3, 0.4) is 0 Å². The van der Waals surface area contributed by atoms with Gasteiger partial charge >= 0.3 is 0 Å². The van der Waals surface area contributed by atoms with Crippen LogP contribution in [0.2, 0.25) is 4.47 Å². The average Bonchev–Trinajstić information content (AvgIpc) is 3.25. The Hall–Kier alpha value is -2.51. The lowest BCUT2D eigenvalue weighted by molar-refractivity contribution is 0.0996. The molecule has 1 aromatic carbocycles. The topological polar surface area (TPSA) is 76.4 Å². The van der Waals surface area contributed by atoms with Gasteiger partial charge in [0.15, 0.2) is 10.2 Å². The van der Waals surface area contributed by atoms with Crippen molar-refractivity contribution in [1.82, 2.24) is 4.98 Å². The van der Waals surface area contributed by atoms with Crippen molar-refractivity contribution in [2.24, 2.45) is 0 Å². The van der Waals surface area contributed by atoms with Crippen LogP contribution in [0.25, 0.3) is 0 Å². The smallest absolute Gasteiger partial charge is 0.291 e. The maximum absolute atomic E-state index is 12.1. The molecule has 0 spiro atoms. The van der Waals surface area contributed by atoms with E-state index in [9.17, 15) is 4.79 Å². The van der Waals surface area contributed by atoms with Gasteiger partial charge in [-0.1, -0.05) is 11.6 Å². The molecule has 0 saturated heterocycles. The lowest BCUT2D eigenvalue weighted by Gasteiger charge is -2.12. The number of amides is 1. The second-order valence-corrected chi connectivity index (χ2v) is 6.48. The normalized spacial score (nSPS) is 10.4. The number of ether oxygens (including phenoxy) is 1. The average molecular weight is 364 g/mol. The van der Waals surface area contributed by atoms with Crippen molar-refractivity contribution < 1.29 is 13.9 Å². The second-order valence-electron chi connectivity index (χ2n) is 4.78. The number of carbonyl (C=O) groups is 1. The molecule has 0 aliphatic carbocycles. The molecule has 0 fully saturated rings. The van der Waals surface area contributed by atoms with Crippen LogP contribution in [0.15, 0.2) is 47.2 Å². The summed E-state index contributed by atoms with van der Waals surface area (Å²) in [6.07, 6.45) is 3.17.